The van der Waals surface area contributed by atoms with Crippen molar-refractivity contribution in [3.8, 4) is 0 Å². The van der Waals surface area contributed by atoms with E-state index in [-0.39, 0.29) is 0 Å². The van der Waals surface area contributed by atoms with Crippen LogP contribution in [0, 0.1) is 6.07 Å². The molecule has 0 saturated heterocycles. The SMILES string of the molecule is O=C(O)C(Cc1c[nH]cn1)Nc1c[c]ccc1. The maximum absolute atomic E-state index is 11.1. The first-order chi connectivity index (χ1) is 8.25. The average molecular weight is 230 g/mol. The number of H-pyrrole nitrogens is 1. The highest BCUT2D eigenvalue weighted by atomic mass is 16.4. The number of carboxylic acids is 1. The van der Waals surface area contributed by atoms with Crippen molar-refractivity contribution in [2.24, 2.45) is 0 Å². The fourth-order valence-corrected chi connectivity index (χ4v) is 1.50. The van der Waals surface area contributed by atoms with E-state index in [2.05, 4.69) is 21.4 Å². The first-order valence-electron chi connectivity index (χ1n) is 5.19. The molecule has 0 amide bonds. The van der Waals surface area contributed by atoms with Crippen molar-refractivity contribution in [2.75, 3.05) is 5.32 Å². The Labute approximate surface area is 98.5 Å². The zero-order valence-corrected chi connectivity index (χ0v) is 9.05. The van der Waals surface area contributed by atoms with Gasteiger partial charge in [-0.25, -0.2) is 9.78 Å². The highest BCUT2D eigenvalue weighted by Crippen LogP contribution is 2.09. The molecule has 5 nitrogen and oxygen atoms in total. The quantitative estimate of drug-likeness (QED) is 0.723. The third-order valence-corrected chi connectivity index (χ3v) is 2.31. The number of carbonyl (C=O) groups is 1. The third kappa shape index (κ3) is 3.07. The highest BCUT2D eigenvalue weighted by Gasteiger charge is 2.18. The predicted molar refractivity (Wildman–Crippen MR) is 62.6 cm³/mol. The van der Waals surface area contributed by atoms with Crippen molar-refractivity contribution < 1.29 is 9.90 Å². The topological polar surface area (TPSA) is 78.0 Å². The molecule has 2 rings (SSSR count). The van der Waals surface area contributed by atoms with E-state index >= 15 is 0 Å². The van der Waals surface area contributed by atoms with E-state index < -0.39 is 12.0 Å². The maximum atomic E-state index is 11.1. The van der Waals surface area contributed by atoms with Crippen LogP contribution in [0.3, 0.4) is 0 Å². The molecule has 0 spiro atoms. The van der Waals surface area contributed by atoms with Crippen LogP contribution < -0.4 is 5.32 Å². The lowest BCUT2D eigenvalue weighted by molar-refractivity contribution is -0.137. The average Bonchev–Trinajstić information content (AvgIpc) is 2.82. The molecule has 1 aromatic heterocycles. The highest BCUT2D eigenvalue weighted by molar-refractivity contribution is 5.77. The molecule has 0 fully saturated rings. The van der Waals surface area contributed by atoms with Gasteiger partial charge in [-0.3, -0.25) is 0 Å². The summed E-state index contributed by atoms with van der Waals surface area (Å²) in [4.78, 5) is 17.9. The minimum atomic E-state index is -0.906. The Balaban J connectivity index is 2.06. The van der Waals surface area contributed by atoms with Gasteiger partial charge in [-0.05, 0) is 18.2 Å². The van der Waals surface area contributed by atoms with Gasteiger partial charge in [0.2, 0.25) is 0 Å². The predicted octanol–water partition coefficient (Wildman–Crippen LogP) is 1.32. The molecule has 0 aliphatic carbocycles. The Morgan fingerprint density at radius 1 is 1.65 bits per heavy atom. The number of aromatic nitrogens is 2. The fraction of sp³-hybridized carbons (Fsp3) is 0.167. The van der Waals surface area contributed by atoms with Gasteiger partial charge in [-0.1, -0.05) is 12.1 Å². The second-order valence-electron chi connectivity index (χ2n) is 3.59. The van der Waals surface area contributed by atoms with Gasteiger partial charge >= 0.3 is 5.97 Å². The van der Waals surface area contributed by atoms with Gasteiger partial charge in [0.1, 0.15) is 6.04 Å². The van der Waals surface area contributed by atoms with Crippen LogP contribution in [0.5, 0.6) is 0 Å². The minimum Gasteiger partial charge on any atom is -0.480 e. The number of nitrogens with one attached hydrogen (secondary N) is 2. The number of carboxylic acid groups (broad SMARTS) is 1. The Hall–Kier alpha value is -2.30. The Morgan fingerprint density at radius 2 is 2.53 bits per heavy atom. The molecule has 0 saturated carbocycles. The first kappa shape index (κ1) is 11.2. The van der Waals surface area contributed by atoms with Crippen molar-refractivity contribution in [3.63, 3.8) is 0 Å². The van der Waals surface area contributed by atoms with Crippen LogP contribution in [0.15, 0.2) is 36.8 Å². The standard InChI is InChI=1S/C12H12N3O2/c16-12(17)11(6-10-7-13-8-14-10)15-9-4-2-1-3-5-9/h1-2,4-5,7-8,11,15H,6H2,(H,13,14)(H,16,17). The normalized spacial score (nSPS) is 12.0. The van der Waals surface area contributed by atoms with E-state index in [0.29, 0.717) is 12.1 Å². The zero-order valence-electron chi connectivity index (χ0n) is 9.05. The molecular formula is C12H12N3O2. The lowest BCUT2D eigenvalue weighted by Crippen LogP contribution is -2.31. The van der Waals surface area contributed by atoms with Crippen molar-refractivity contribution in [2.45, 2.75) is 12.5 Å². The lowest BCUT2D eigenvalue weighted by Gasteiger charge is -2.14. The molecule has 1 aromatic carbocycles. The Bertz CT molecular complexity index is 468. The molecule has 1 unspecified atom stereocenters. The summed E-state index contributed by atoms with van der Waals surface area (Å²) >= 11 is 0. The van der Waals surface area contributed by atoms with E-state index in [4.69, 9.17) is 5.11 Å². The molecule has 2 aromatic rings. The van der Waals surface area contributed by atoms with E-state index in [1.165, 1.54) is 6.33 Å². The van der Waals surface area contributed by atoms with Crippen LogP contribution in [0.25, 0.3) is 0 Å². The number of hydrogen-bond donors (Lipinski definition) is 3. The van der Waals surface area contributed by atoms with E-state index in [0.717, 1.165) is 5.69 Å². The number of rotatable bonds is 5. The monoisotopic (exact) mass is 230 g/mol. The van der Waals surface area contributed by atoms with Gasteiger partial charge in [0.15, 0.2) is 0 Å². The van der Waals surface area contributed by atoms with Crippen LogP contribution in [0.4, 0.5) is 5.69 Å². The van der Waals surface area contributed by atoms with Crippen LogP contribution in [0.2, 0.25) is 0 Å². The number of hydrogen-bond acceptors (Lipinski definition) is 3. The fourth-order valence-electron chi connectivity index (χ4n) is 1.50. The van der Waals surface area contributed by atoms with Crippen molar-refractivity contribution in [1.82, 2.24) is 9.97 Å². The van der Waals surface area contributed by atoms with Gasteiger partial charge in [0.25, 0.3) is 0 Å². The smallest absolute Gasteiger partial charge is 0.326 e. The van der Waals surface area contributed by atoms with Gasteiger partial charge in [-0.2, -0.15) is 0 Å². The summed E-state index contributed by atoms with van der Waals surface area (Å²) in [6.45, 7) is 0. The van der Waals surface area contributed by atoms with Gasteiger partial charge in [0.05, 0.1) is 12.0 Å². The molecule has 1 radical (unpaired) electrons. The summed E-state index contributed by atoms with van der Waals surface area (Å²) in [6.07, 6.45) is 3.55. The molecular weight excluding hydrogens is 218 g/mol. The second kappa shape index (κ2) is 5.16. The molecule has 87 valence electrons. The van der Waals surface area contributed by atoms with Gasteiger partial charge in [0, 0.05) is 18.3 Å². The van der Waals surface area contributed by atoms with Crippen molar-refractivity contribution >= 4 is 11.7 Å². The number of aliphatic carboxylic acids is 1. The van der Waals surface area contributed by atoms with E-state index in [1.807, 2.05) is 0 Å². The second-order valence-corrected chi connectivity index (χ2v) is 3.59. The van der Waals surface area contributed by atoms with Crippen LogP contribution in [-0.4, -0.2) is 27.1 Å². The summed E-state index contributed by atoms with van der Waals surface area (Å²) < 4.78 is 0. The maximum Gasteiger partial charge on any atom is 0.326 e. The van der Waals surface area contributed by atoms with Crippen LogP contribution in [0.1, 0.15) is 5.69 Å². The van der Waals surface area contributed by atoms with E-state index in [9.17, 15) is 4.79 Å². The molecule has 1 heterocycles. The lowest BCUT2D eigenvalue weighted by atomic mass is 10.1. The number of aromatic amines is 1. The first-order valence-corrected chi connectivity index (χ1v) is 5.19. The van der Waals surface area contributed by atoms with Crippen LogP contribution >= 0.6 is 0 Å². The minimum absolute atomic E-state index is 0.327. The zero-order chi connectivity index (χ0) is 12.1. The summed E-state index contributed by atoms with van der Waals surface area (Å²) in [5.41, 5.74) is 1.44. The van der Waals surface area contributed by atoms with Crippen LogP contribution in [-0.2, 0) is 11.2 Å². The molecule has 0 bridgehead atoms. The Morgan fingerprint density at radius 3 is 3.12 bits per heavy atom. The molecule has 3 N–H and O–H groups in total. The largest absolute Gasteiger partial charge is 0.480 e. The Kier molecular flexibility index (Phi) is 3.40. The third-order valence-electron chi connectivity index (χ3n) is 2.31. The van der Waals surface area contributed by atoms with Crippen molar-refractivity contribution in [3.05, 3.63) is 48.5 Å². The van der Waals surface area contributed by atoms with Gasteiger partial charge < -0.3 is 15.4 Å². The molecule has 0 aliphatic heterocycles. The number of anilines is 1. The van der Waals surface area contributed by atoms with Crippen molar-refractivity contribution in [1.29, 1.82) is 0 Å². The molecule has 1 atom stereocenters. The summed E-state index contributed by atoms with van der Waals surface area (Å²) in [6, 6.07) is 9.26. The number of nitrogens with zero attached hydrogens (tertiary/aromatic N) is 1. The summed E-state index contributed by atoms with van der Waals surface area (Å²) in [5, 5.41) is 12.1. The summed E-state index contributed by atoms with van der Waals surface area (Å²) in [7, 11) is 0. The number of benzene rings is 1. The molecule has 5 heteroatoms. The van der Waals surface area contributed by atoms with Gasteiger partial charge in [-0.15, -0.1) is 0 Å². The molecule has 17 heavy (non-hydrogen) atoms. The van der Waals surface area contributed by atoms with E-state index in [1.54, 1.807) is 30.5 Å². The summed E-state index contributed by atoms with van der Waals surface area (Å²) in [5.74, 6) is -0.906. The number of imidazole rings is 1. The molecule has 0 aliphatic rings.